The first-order valence-corrected chi connectivity index (χ1v) is 12.2. The maximum atomic E-state index is 13.4. The lowest BCUT2D eigenvalue weighted by Crippen LogP contribution is -2.49. The van der Waals surface area contributed by atoms with Gasteiger partial charge in [0, 0.05) is 30.2 Å². The lowest BCUT2D eigenvalue weighted by atomic mass is 9.79. The molecule has 1 atom stereocenters. The van der Waals surface area contributed by atoms with Crippen molar-refractivity contribution in [3.63, 3.8) is 0 Å². The summed E-state index contributed by atoms with van der Waals surface area (Å²) in [6.45, 7) is 6.41. The fourth-order valence-electron chi connectivity index (χ4n) is 4.63. The smallest absolute Gasteiger partial charge is 0.270 e. The molecule has 2 amide bonds. The predicted octanol–water partition coefficient (Wildman–Crippen LogP) is 2.96. The van der Waals surface area contributed by atoms with Crippen LogP contribution in [0.2, 0.25) is 0 Å². The highest BCUT2D eigenvalue weighted by atomic mass is 16.2. The van der Waals surface area contributed by atoms with Crippen molar-refractivity contribution in [3.05, 3.63) is 64.6 Å². The number of aromatic nitrogens is 5. The van der Waals surface area contributed by atoms with Crippen molar-refractivity contribution in [1.82, 2.24) is 29.9 Å². The van der Waals surface area contributed by atoms with Gasteiger partial charge in [-0.05, 0) is 50.7 Å². The van der Waals surface area contributed by atoms with Crippen LogP contribution in [0.15, 0.2) is 47.8 Å². The molecule has 4 rings (SSSR count). The molecular formula is C25H33N7O3. The molecule has 0 spiro atoms. The van der Waals surface area contributed by atoms with E-state index in [-0.39, 0.29) is 35.9 Å². The number of hydrogen-bond donors (Lipinski definition) is 3. The second kappa shape index (κ2) is 10.7. The maximum Gasteiger partial charge on any atom is 0.270 e. The van der Waals surface area contributed by atoms with Gasteiger partial charge in [-0.3, -0.25) is 23.7 Å². The fraction of sp³-hybridized carbons (Fsp3) is 0.480. The molecule has 3 heterocycles. The Balaban J connectivity index is 1.49. The predicted molar refractivity (Wildman–Crippen MR) is 132 cm³/mol. The fourth-order valence-corrected chi connectivity index (χ4v) is 4.63. The molecule has 1 aliphatic rings. The number of anilines is 1. The minimum Gasteiger partial charge on any atom is -0.339 e. The van der Waals surface area contributed by atoms with Crippen LogP contribution in [0.1, 0.15) is 68.5 Å². The summed E-state index contributed by atoms with van der Waals surface area (Å²) in [7, 11) is 0. The van der Waals surface area contributed by atoms with Crippen LogP contribution in [-0.4, -0.2) is 42.4 Å². The van der Waals surface area contributed by atoms with Crippen LogP contribution < -0.4 is 16.2 Å². The Hall–Kier alpha value is -3.69. The number of carbonyl (C=O) groups excluding carboxylic acids is 2. The number of aromatic amines is 1. The molecule has 0 radical (unpaired) electrons. The summed E-state index contributed by atoms with van der Waals surface area (Å²) in [6, 6.07) is 4.51. The largest absolute Gasteiger partial charge is 0.339 e. The van der Waals surface area contributed by atoms with E-state index in [9.17, 15) is 14.4 Å². The highest BCUT2D eigenvalue weighted by Gasteiger charge is 2.33. The molecule has 3 aromatic heterocycles. The molecule has 0 bridgehead atoms. The van der Waals surface area contributed by atoms with E-state index in [1.807, 2.05) is 13.8 Å². The van der Waals surface area contributed by atoms with Crippen LogP contribution in [0.3, 0.4) is 0 Å². The number of carbonyl (C=O) groups is 2. The van der Waals surface area contributed by atoms with E-state index in [4.69, 9.17) is 0 Å². The average Bonchev–Trinajstić information content (AvgIpc) is 3.49. The van der Waals surface area contributed by atoms with Crippen LogP contribution in [0.25, 0.3) is 0 Å². The normalized spacial score (nSPS) is 18.9. The molecule has 1 fully saturated rings. The molecule has 1 saturated carbocycles. The van der Waals surface area contributed by atoms with Crippen molar-refractivity contribution in [1.29, 1.82) is 0 Å². The van der Waals surface area contributed by atoms with Gasteiger partial charge >= 0.3 is 0 Å². The number of pyridine rings is 1. The Labute approximate surface area is 204 Å². The Kier molecular flexibility index (Phi) is 7.48. The van der Waals surface area contributed by atoms with Crippen molar-refractivity contribution in [2.45, 2.75) is 65.1 Å². The first-order chi connectivity index (χ1) is 16.8. The molecule has 35 heavy (non-hydrogen) atoms. The van der Waals surface area contributed by atoms with Gasteiger partial charge in [0.05, 0.1) is 18.4 Å². The Bertz CT molecular complexity index is 1220. The number of nitrogens with zero attached hydrogens (tertiary/aromatic N) is 4. The van der Waals surface area contributed by atoms with Crippen LogP contribution in [-0.2, 0) is 11.3 Å². The van der Waals surface area contributed by atoms with Gasteiger partial charge in [0.2, 0.25) is 5.91 Å². The minimum absolute atomic E-state index is 0.0243. The van der Waals surface area contributed by atoms with Crippen molar-refractivity contribution in [3.8, 4) is 0 Å². The molecule has 1 unspecified atom stereocenters. The van der Waals surface area contributed by atoms with Crippen LogP contribution in [0.4, 0.5) is 5.69 Å². The number of nitrogens with one attached hydrogen (secondary N) is 3. The van der Waals surface area contributed by atoms with Gasteiger partial charge in [-0.1, -0.05) is 25.8 Å². The molecule has 0 aliphatic heterocycles. The number of rotatable bonds is 8. The standard InChI is InChI=1S/C25H33N7O3/c1-16(2)32-21(10-12-27-32)24(34)30-22(18-8-6-17(3)7-9-18)25(35)29-20-13-28-31(15-20)14-19-5-4-11-26-23(19)33/h4-5,10-13,15-18,22H,6-9,14H2,1-3H3,(H,26,33)(H,29,35)(H,30,34). The van der Waals surface area contributed by atoms with Crippen molar-refractivity contribution in [2.24, 2.45) is 11.8 Å². The lowest BCUT2D eigenvalue weighted by molar-refractivity contribution is -0.119. The summed E-state index contributed by atoms with van der Waals surface area (Å²) in [4.78, 5) is 41.1. The molecule has 10 nitrogen and oxygen atoms in total. The average molecular weight is 480 g/mol. The zero-order valence-corrected chi connectivity index (χ0v) is 20.4. The van der Waals surface area contributed by atoms with Gasteiger partial charge in [-0.2, -0.15) is 10.2 Å². The maximum absolute atomic E-state index is 13.4. The molecule has 0 saturated heterocycles. The summed E-state index contributed by atoms with van der Waals surface area (Å²) < 4.78 is 3.25. The van der Waals surface area contributed by atoms with Gasteiger partial charge in [-0.25, -0.2) is 0 Å². The number of H-pyrrole nitrogens is 1. The van der Waals surface area contributed by atoms with Gasteiger partial charge in [-0.15, -0.1) is 0 Å². The highest BCUT2D eigenvalue weighted by molar-refractivity contribution is 6.00. The second-order valence-electron chi connectivity index (χ2n) is 9.67. The number of hydrogen-bond acceptors (Lipinski definition) is 5. The summed E-state index contributed by atoms with van der Waals surface area (Å²) in [5.74, 6) is 0.0792. The Morgan fingerprint density at radius 1 is 1.17 bits per heavy atom. The van der Waals surface area contributed by atoms with Crippen molar-refractivity contribution in [2.75, 3.05) is 5.32 Å². The van der Waals surface area contributed by atoms with E-state index in [0.717, 1.165) is 25.7 Å². The molecule has 10 heteroatoms. The minimum atomic E-state index is -0.675. The van der Waals surface area contributed by atoms with Gasteiger partial charge in [0.1, 0.15) is 11.7 Å². The Morgan fingerprint density at radius 3 is 2.66 bits per heavy atom. The van der Waals surface area contributed by atoms with E-state index < -0.39 is 6.04 Å². The van der Waals surface area contributed by atoms with Crippen molar-refractivity contribution < 1.29 is 9.59 Å². The van der Waals surface area contributed by atoms with Crippen LogP contribution in [0, 0.1) is 11.8 Å². The lowest BCUT2D eigenvalue weighted by Gasteiger charge is -2.32. The monoisotopic (exact) mass is 479 g/mol. The SMILES string of the molecule is CC1CCC(C(NC(=O)c2ccnn2C(C)C)C(=O)Nc2cnn(Cc3ccc[nH]c3=O)c2)CC1. The summed E-state index contributed by atoms with van der Waals surface area (Å²) >= 11 is 0. The van der Waals surface area contributed by atoms with E-state index in [0.29, 0.717) is 22.9 Å². The Morgan fingerprint density at radius 2 is 1.94 bits per heavy atom. The van der Waals surface area contributed by atoms with E-state index in [2.05, 4.69) is 32.7 Å². The van der Waals surface area contributed by atoms with E-state index >= 15 is 0 Å². The molecule has 0 aromatic carbocycles. The first-order valence-electron chi connectivity index (χ1n) is 12.2. The third-order valence-corrected chi connectivity index (χ3v) is 6.63. The second-order valence-corrected chi connectivity index (χ2v) is 9.67. The van der Waals surface area contributed by atoms with Gasteiger partial charge in [0.15, 0.2) is 0 Å². The topological polar surface area (TPSA) is 127 Å². The molecule has 3 aromatic rings. The quantitative estimate of drug-likeness (QED) is 0.458. The highest BCUT2D eigenvalue weighted by Crippen LogP contribution is 2.31. The summed E-state index contributed by atoms with van der Waals surface area (Å²) in [6.07, 6.45) is 10.2. The third-order valence-electron chi connectivity index (χ3n) is 6.63. The van der Waals surface area contributed by atoms with Crippen LogP contribution >= 0.6 is 0 Å². The van der Waals surface area contributed by atoms with Gasteiger partial charge in [0.25, 0.3) is 11.5 Å². The summed E-state index contributed by atoms with van der Waals surface area (Å²) in [5, 5.41) is 14.4. The molecule has 186 valence electrons. The summed E-state index contributed by atoms with van der Waals surface area (Å²) in [5.41, 5.74) is 1.33. The zero-order valence-electron chi connectivity index (χ0n) is 20.4. The molecular weight excluding hydrogens is 446 g/mol. The zero-order chi connectivity index (χ0) is 24.9. The van der Waals surface area contributed by atoms with Crippen molar-refractivity contribution >= 4 is 17.5 Å². The first kappa shape index (κ1) is 24.4. The van der Waals surface area contributed by atoms with Crippen LogP contribution in [0.5, 0.6) is 0 Å². The third kappa shape index (κ3) is 5.87. The number of amides is 2. The van der Waals surface area contributed by atoms with E-state index in [1.165, 1.54) is 0 Å². The van der Waals surface area contributed by atoms with Gasteiger partial charge < -0.3 is 15.6 Å². The molecule has 3 N–H and O–H groups in total. The van der Waals surface area contributed by atoms with E-state index in [1.54, 1.807) is 52.4 Å². The molecule has 1 aliphatic carbocycles.